The summed E-state index contributed by atoms with van der Waals surface area (Å²) in [6.45, 7) is 7.25. The summed E-state index contributed by atoms with van der Waals surface area (Å²) in [6, 6.07) is 10.3. The lowest BCUT2D eigenvalue weighted by Crippen LogP contribution is -2.43. The van der Waals surface area contributed by atoms with Gasteiger partial charge in [0.15, 0.2) is 0 Å². The second kappa shape index (κ2) is 9.94. The third kappa shape index (κ3) is 5.22. The van der Waals surface area contributed by atoms with Gasteiger partial charge in [-0.3, -0.25) is 4.79 Å². The van der Waals surface area contributed by atoms with Gasteiger partial charge >= 0.3 is 0 Å². The number of likely N-dealkylation sites (tertiary alicyclic amines) is 1. The van der Waals surface area contributed by atoms with E-state index in [-0.39, 0.29) is 18.3 Å². The van der Waals surface area contributed by atoms with Gasteiger partial charge in [0, 0.05) is 13.1 Å². The Hall–Kier alpha value is -1.06. The number of halogens is 1. The summed E-state index contributed by atoms with van der Waals surface area (Å²) in [5.41, 5.74) is 1.17. The van der Waals surface area contributed by atoms with Crippen LogP contribution in [0.4, 0.5) is 0 Å². The van der Waals surface area contributed by atoms with Gasteiger partial charge in [0.2, 0.25) is 5.91 Å². The van der Waals surface area contributed by atoms with Gasteiger partial charge in [0.1, 0.15) is 0 Å². The summed E-state index contributed by atoms with van der Waals surface area (Å²) in [4.78, 5) is 15.2. The zero-order valence-corrected chi connectivity index (χ0v) is 15.4. The molecule has 1 amide bonds. The monoisotopic (exact) mass is 338 g/mol. The highest BCUT2D eigenvalue weighted by Crippen LogP contribution is 2.30. The third-order valence-electron chi connectivity index (χ3n) is 5.06. The van der Waals surface area contributed by atoms with Crippen LogP contribution >= 0.6 is 12.4 Å². The van der Waals surface area contributed by atoms with Crippen LogP contribution < -0.4 is 5.32 Å². The summed E-state index contributed by atoms with van der Waals surface area (Å²) in [5, 5.41) is 3.25. The Morgan fingerprint density at radius 3 is 2.39 bits per heavy atom. The molecule has 0 bridgehead atoms. The average Bonchev–Trinajstić information content (AvgIpc) is 2.56. The van der Waals surface area contributed by atoms with E-state index in [0.717, 1.165) is 38.9 Å². The smallest absolute Gasteiger partial charge is 0.230 e. The summed E-state index contributed by atoms with van der Waals surface area (Å²) >= 11 is 0. The maximum atomic E-state index is 13.1. The predicted octanol–water partition coefficient (Wildman–Crippen LogP) is 3.70. The number of rotatable bonds is 6. The van der Waals surface area contributed by atoms with Crippen molar-refractivity contribution in [3.63, 3.8) is 0 Å². The van der Waals surface area contributed by atoms with Gasteiger partial charge in [-0.1, -0.05) is 50.6 Å². The maximum absolute atomic E-state index is 13.1. The van der Waals surface area contributed by atoms with Gasteiger partial charge in [-0.2, -0.15) is 0 Å². The first-order chi connectivity index (χ1) is 10.7. The number of hydrogen-bond donors (Lipinski definition) is 1. The second-order valence-corrected chi connectivity index (χ2v) is 6.60. The van der Waals surface area contributed by atoms with Gasteiger partial charge in [0.25, 0.3) is 0 Å². The number of benzene rings is 1. The van der Waals surface area contributed by atoms with Gasteiger partial charge < -0.3 is 10.2 Å². The maximum Gasteiger partial charge on any atom is 0.230 e. The van der Waals surface area contributed by atoms with Crippen molar-refractivity contribution in [2.45, 2.75) is 39.0 Å². The first-order valence-electron chi connectivity index (χ1n) is 8.65. The van der Waals surface area contributed by atoms with Crippen LogP contribution in [0.25, 0.3) is 0 Å². The van der Waals surface area contributed by atoms with Crippen molar-refractivity contribution in [3.05, 3.63) is 35.9 Å². The normalized spacial score (nSPS) is 18.1. The third-order valence-corrected chi connectivity index (χ3v) is 5.06. The van der Waals surface area contributed by atoms with Gasteiger partial charge in [-0.05, 0) is 43.8 Å². The van der Waals surface area contributed by atoms with E-state index in [2.05, 4.69) is 36.2 Å². The molecule has 2 rings (SSSR count). The van der Waals surface area contributed by atoms with E-state index in [9.17, 15) is 4.79 Å². The molecule has 1 aliphatic heterocycles. The molecule has 1 heterocycles. The first kappa shape index (κ1) is 20.0. The number of carbonyl (C=O) groups is 1. The molecule has 23 heavy (non-hydrogen) atoms. The molecule has 0 saturated carbocycles. The molecule has 1 fully saturated rings. The lowest BCUT2D eigenvalue weighted by molar-refractivity contribution is -0.135. The van der Waals surface area contributed by atoms with Crippen molar-refractivity contribution in [2.24, 2.45) is 11.8 Å². The number of nitrogens with one attached hydrogen (secondary N) is 1. The largest absolute Gasteiger partial charge is 0.342 e. The van der Waals surface area contributed by atoms with Crippen LogP contribution in [0, 0.1) is 11.8 Å². The number of carbonyl (C=O) groups excluding carboxylic acids is 1. The van der Waals surface area contributed by atoms with Crippen LogP contribution in [0.15, 0.2) is 30.3 Å². The molecule has 2 atom stereocenters. The minimum Gasteiger partial charge on any atom is -0.342 e. The molecule has 1 N–H and O–H groups in total. The fraction of sp³-hybridized carbons (Fsp3) is 0.632. The van der Waals surface area contributed by atoms with Crippen LogP contribution in [-0.4, -0.2) is 37.5 Å². The van der Waals surface area contributed by atoms with E-state index in [0.29, 0.717) is 17.7 Å². The molecule has 0 spiro atoms. The molecule has 1 aliphatic rings. The Bertz CT molecular complexity index is 458. The van der Waals surface area contributed by atoms with Crippen molar-refractivity contribution < 1.29 is 4.79 Å². The molecule has 1 saturated heterocycles. The molecule has 1 aromatic rings. The van der Waals surface area contributed by atoms with E-state index in [1.165, 1.54) is 5.56 Å². The Morgan fingerprint density at radius 1 is 1.26 bits per heavy atom. The highest BCUT2D eigenvalue weighted by atomic mass is 35.5. The van der Waals surface area contributed by atoms with Crippen molar-refractivity contribution in [3.8, 4) is 0 Å². The Kier molecular flexibility index (Phi) is 8.64. The van der Waals surface area contributed by atoms with Crippen molar-refractivity contribution in [2.75, 3.05) is 26.7 Å². The number of piperidine rings is 1. The van der Waals surface area contributed by atoms with Crippen molar-refractivity contribution in [1.29, 1.82) is 0 Å². The lowest BCUT2D eigenvalue weighted by Gasteiger charge is -2.35. The SMILES string of the molecule is CCC(C)C(C(=O)N1CCC(CNC)CC1)c1ccccc1.Cl. The number of nitrogens with zero attached hydrogens (tertiary/aromatic N) is 1. The van der Waals surface area contributed by atoms with Crippen molar-refractivity contribution in [1.82, 2.24) is 10.2 Å². The number of amides is 1. The van der Waals surface area contributed by atoms with E-state index < -0.39 is 0 Å². The standard InChI is InChI=1S/C19H30N2O.ClH/c1-4-15(2)18(17-8-6-5-7-9-17)19(22)21-12-10-16(11-13-21)14-20-3;/h5-9,15-16,18,20H,4,10-14H2,1-3H3;1H. The van der Waals surface area contributed by atoms with Gasteiger partial charge in [0.05, 0.1) is 5.92 Å². The van der Waals surface area contributed by atoms with Gasteiger partial charge in [-0.15, -0.1) is 12.4 Å². The molecule has 4 heteroatoms. The molecule has 0 aromatic heterocycles. The molecule has 2 unspecified atom stereocenters. The zero-order valence-electron chi connectivity index (χ0n) is 14.6. The van der Waals surface area contributed by atoms with Crippen LogP contribution in [0.3, 0.4) is 0 Å². The van der Waals surface area contributed by atoms with Crippen LogP contribution in [0.2, 0.25) is 0 Å². The average molecular weight is 339 g/mol. The number of hydrogen-bond acceptors (Lipinski definition) is 2. The van der Waals surface area contributed by atoms with Crippen molar-refractivity contribution >= 4 is 18.3 Å². The predicted molar refractivity (Wildman–Crippen MR) is 99.1 cm³/mol. The van der Waals surface area contributed by atoms with Crippen LogP contribution in [0.1, 0.15) is 44.6 Å². The zero-order chi connectivity index (χ0) is 15.9. The molecule has 0 aliphatic carbocycles. The highest BCUT2D eigenvalue weighted by Gasteiger charge is 2.31. The lowest BCUT2D eigenvalue weighted by atomic mass is 9.83. The fourth-order valence-corrected chi connectivity index (χ4v) is 3.45. The van der Waals surface area contributed by atoms with E-state index >= 15 is 0 Å². The summed E-state index contributed by atoms with van der Waals surface area (Å²) in [7, 11) is 2.01. The molecule has 1 aromatic carbocycles. The summed E-state index contributed by atoms with van der Waals surface area (Å²) in [5.74, 6) is 1.42. The van der Waals surface area contributed by atoms with E-state index in [1.807, 2.05) is 25.2 Å². The minimum absolute atomic E-state index is 0. The van der Waals surface area contributed by atoms with Crippen LogP contribution in [0.5, 0.6) is 0 Å². The van der Waals surface area contributed by atoms with Crippen LogP contribution in [-0.2, 0) is 4.79 Å². The summed E-state index contributed by atoms with van der Waals surface area (Å²) < 4.78 is 0. The highest BCUT2D eigenvalue weighted by molar-refractivity contribution is 5.85. The second-order valence-electron chi connectivity index (χ2n) is 6.60. The topological polar surface area (TPSA) is 32.3 Å². The molecule has 3 nitrogen and oxygen atoms in total. The molecule has 130 valence electrons. The molecular formula is C19H31ClN2O. The quantitative estimate of drug-likeness (QED) is 0.857. The van der Waals surface area contributed by atoms with E-state index in [4.69, 9.17) is 0 Å². The molecular weight excluding hydrogens is 308 g/mol. The first-order valence-corrected chi connectivity index (χ1v) is 8.65. The Morgan fingerprint density at radius 2 is 1.87 bits per heavy atom. The van der Waals surface area contributed by atoms with E-state index in [1.54, 1.807) is 0 Å². The summed E-state index contributed by atoms with van der Waals surface area (Å²) in [6.07, 6.45) is 3.27. The molecule has 0 radical (unpaired) electrons. The minimum atomic E-state index is 0. The Balaban J connectivity index is 0.00000264. The fourth-order valence-electron chi connectivity index (χ4n) is 3.45. The van der Waals surface area contributed by atoms with Gasteiger partial charge in [-0.25, -0.2) is 0 Å². The Labute approximate surface area is 147 Å².